The van der Waals surface area contributed by atoms with E-state index in [1.807, 2.05) is 44.2 Å². The SMILES string of the molecule is CC(C)C(CN)C(=O)NC(CO)Cc1ccccc1. The van der Waals surface area contributed by atoms with Crippen LogP contribution in [0.5, 0.6) is 0 Å². The molecule has 1 aromatic rings. The second-order valence-electron chi connectivity index (χ2n) is 5.16. The average molecular weight is 264 g/mol. The van der Waals surface area contributed by atoms with Crippen LogP contribution < -0.4 is 11.1 Å². The first-order valence-corrected chi connectivity index (χ1v) is 6.73. The first kappa shape index (κ1) is 15.7. The Morgan fingerprint density at radius 2 is 1.95 bits per heavy atom. The molecule has 1 aromatic carbocycles. The number of benzene rings is 1. The zero-order valence-electron chi connectivity index (χ0n) is 11.7. The number of aliphatic hydroxyl groups excluding tert-OH is 1. The van der Waals surface area contributed by atoms with Crippen molar-refractivity contribution >= 4 is 5.91 Å². The van der Waals surface area contributed by atoms with Gasteiger partial charge in [0.2, 0.25) is 5.91 Å². The molecule has 4 nitrogen and oxygen atoms in total. The fraction of sp³-hybridized carbons (Fsp3) is 0.533. The Bertz CT molecular complexity index is 379. The molecule has 0 aliphatic carbocycles. The summed E-state index contributed by atoms with van der Waals surface area (Å²) in [5.74, 6) is -0.0848. The first-order valence-electron chi connectivity index (χ1n) is 6.73. The van der Waals surface area contributed by atoms with E-state index in [2.05, 4.69) is 5.32 Å². The minimum Gasteiger partial charge on any atom is -0.394 e. The first-order chi connectivity index (χ1) is 9.08. The van der Waals surface area contributed by atoms with E-state index in [0.717, 1.165) is 5.56 Å². The summed E-state index contributed by atoms with van der Waals surface area (Å²) in [5, 5.41) is 12.3. The van der Waals surface area contributed by atoms with Crippen LogP contribution in [0.25, 0.3) is 0 Å². The summed E-state index contributed by atoms with van der Waals surface area (Å²) in [5.41, 5.74) is 6.71. The van der Waals surface area contributed by atoms with Crippen LogP contribution in [-0.4, -0.2) is 30.2 Å². The van der Waals surface area contributed by atoms with E-state index in [1.165, 1.54) is 0 Å². The third-order valence-electron chi connectivity index (χ3n) is 3.29. The molecule has 1 amide bonds. The van der Waals surface area contributed by atoms with Gasteiger partial charge in [-0.25, -0.2) is 0 Å². The lowest BCUT2D eigenvalue weighted by Gasteiger charge is -2.22. The number of nitrogens with one attached hydrogen (secondary N) is 1. The number of aliphatic hydroxyl groups is 1. The van der Waals surface area contributed by atoms with Gasteiger partial charge in [0.1, 0.15) is 0 Å². The Balaban J connectivity index is 2.59. The maximum Gasteiger partial charge on any atom is 0.224 e. The Labute approximate surface area is 115 Å². The van der Waals surface area contributed by atoms with Gasteiger partial charge in [-0.2, -0.15) is 0 Å². The van der Waals surface area contributed by atoms with Gasteiger partial charge in [0.25, 0.3) is 0 Å². The zero-order chi connectivity index (χ0) is 14.3. The molecule has 0 saturated heterocycles. The Morgan fingerprint density at radius 1 is 1.32 bits per heavy atom. The third-order valence-corrected chi connectivity index (χ3v) is 3.29. The van der Waals surface area contributed by atoms with Crippen molar-refractivity contribution in [3.63, 3.8) is 0 Å². The second kappa shape index (κ2) is 7.92. The van der Waals surface area contributed by atoms with Gasteiger partial charge in [-0.1, -0.05) is 44.2 Å². The molecule has 2 atom stereocenters. The van der Waals surface area contributed by atoms with E-state index < -0.39 is 0 Å². The Hall–Kier alpha value is -1.39. The van der Waals surface area contributed by atoms with E-state index in [4.69, 9.17) is 5.73 Å². The van der Waals surface area contributed by atoms with Crippen molar-refractivity contribution in [2.45, 2.75) is 26.3 Å². The lowest BCUT2D eigenvalue weighted by Crippen LogP contribution is -2.45. The molecule has 0 aliphatic rings. The van der Waals surface area contributed by atoms with Gasteiger partial charge >= 0.3 is 0 Å². The summed E-state index contributed by atoms with van der Waals surface area (Å²) >= 11 is 0. The molecule has 4 heteroatoms. The number of rotatable bonds is 7. The molecule has 0 aromatic heterocycles. The highest BCUT2D eigenvalue weighted by atomic mass is 16.3. The van der Waals surface area contributed by atoms with Crippen molar-refractivity contribution < 1.29 is 9.90 Å². The topological polar surface area (TPSA) is 75.4 Å². The van der Waals surface area contributed by atoms with E-state index in [0.29, 0.717) is 13.0 Å². The smallest absolute Gasteiger partial charge is 0.224 e. The highest BCUT2D eigenvalue weighted by Crippen LogP contribution is 2.10. The van der Waals surface area contributed by atoms with Gasteiger partial charge in [-0.3, -0.25) is 4.79 Å². The van der Waals surface area contributed by atoms with Crippen LogP contribution in [-0.2, 0) is 11.2 Å². The van der Waals surface area contributed by atoms with Gasteiger partial charge in [0, 0.05) is 6.54 Å². The molecule has 0 spiro atoms. The van der Waals surface area contributed by atoms with Crippen molar-refractivity contribution in [1.29, 1.82) is 0 Å². The predicted octanol–water partition coefficient (Wildman–Crippen LogP) is 0.937. The normalized spacial score (nSPS) is 14.2. The third kappa shape index (κ3) is 5.01. The molecule has 0 radical (unpaired) electrons. The lowest BCUT2D eigenvalue weighted by molar-refractivity contribution is -0.127. The number of amides is 1. The zero-order valence-corrected chi connectivity index (χ0v) is 11.7. The van der Waals surface area contributed by atoms with Crippen LogP contribution in [0.4, 0.5) is 0 Å². The number of nitrogens with two attached hydrogens (primary N) is 1. The maximum absolute atomic E-state index is 12.1. The van der Waals surface area contributed by atoms with Crippen LogP contribution in [0.15, 0.2) is 30.3 Å². The minimum atomic E-state index is -0.261. The van der Waals surface area contributed by atoms with Crippen LogP contribution in [0.2, 0.25) is 0 Å². The quantitative estimate of drug-likeness (QED) is 0.686. The van der Waals surface area contributed by atoms with Crippen LogP contribution in [0.1, 0.15) is 19.4 Å². The monoisotopic (exact) mass is 264 g/mol. The molecule has 4 N–H and O–H groups in total. The summed E-state index contributed by atoms with van der Waals surface area (Å²) in [6.45, 7) is 4.20. The summed E-state index contributed by atoms with van der Waals surface area (Å²) in [6.07, 6.45) is 0.623. The number of hydrogen-bond donors (Lipinski definition) is 3. The van der Waals surface area contributed by atoms with Gasteiger partial charge < -0.3 is 16.2 Å². The predicted molar refractivity (Wildman–Crippen MR) is 76.5 cm³/mol. The van der Waals surface area contributed by atoms with Crippen molar-refractivity contribution in [1.82, 2.24) is 5.32 Å². The number of carbonyl (C=O) groups excluding carboxylic acids is 1. The van der Waals surface area contributed by atoms with Gasteiger partial charge in [0.15, 0.2) is 0 Å². The number of carbonyl (C=O) groups is 1. The van der Waals surface area contributed by atoms with Crippen molar-refractivity contribution in [2.24, 2.45) is 17.6 Å². The molecular formula is C15H24N2O2. The largest absolute Gasteiger partial charge is 0.394 e. The molecule has 0 fully saturated rings. The van der Waals surface area contributed by atoms with Crippen LogP contribution >= 0.6 is 0 Å². The molecule has 0 heterocycles. The molecule has 106 valence electrons. The lowest BCUT2D eigenvalue weighted by atomic mass is 9.94. The van der Waals surface area contributed by atoms with Crippen molar-refractivity contribution in [2.75, 3.05) is 13.2 Å². The summed E-state index contributed by atoms with van der Waals surface area (Å²) in [7, 11) is 0. The molecule has 2 unspecified atom stereocenters. The molecule has 19 heavy (non-hydrogen) atoms. The van der Waals surface area contributed by atoms with Gasteiger partial charge in [-0.15, -0.1) is 0 Å². The highest BCUT2D eigenvalue weighted by molar-refractivity contribution is 5.79. The summed E-state index contributed by atoms with van der Waals surface area (Å²) in [6, 6.07) is 9.54. The fourth-order valence-corrected chi connectivity index (χ4v) is 2.05. The minimum absolute atomic E-state index is 0.0734. The summed E-state index contributed by atoms with van der Waals surface area (Å²) in [4.78, 5) is 12.1. The van der Waals surface area contributed by atoms with E-state index >= 15 is 0 Å². The van der Waals surface area contributed by atoms with Gasteiger partial charge in [-0.05, 0) is 17.9 Å². The fourth-order valence-electron chi connectivity index (χ4n) is 2.05. The molecule has 0 bridgehead atoms. The van der Waals surface area contributed by atoms with Crippen molar-refractivity contribution in [3.8, 4) is 0 Å². The molecule has 0 saturated carbocycles. The molecular weight excluding hydrogens is 240 g/mol. The molecule has 1 rings (SSSR count). The van der Waals surface area contributed by atoms with E-state index in [1.54, 1.807) is 0 Å². The van der Waals surface area contributed by atoms with Crippen molar-refractivity contribution in [3.05, 3.63) is 35.9 Å². The molecule has 0 aliphatic heterocycles. The summed E-state index contributed by atoms with van der Waals surface area (Å²) < 4.78 is 0. The maximum atomic E-state index is 12.1. The van der Waals surface area contributed by atoms with Crippen LogP contribution in [0.3, 0.4) is 0 Å². The Kier molecular flexibility index (Phi) is 6.53. The number of hydrogen-bond acceptors (Lipinski definition) is 3. The Morgan fingerprint density at radius 3 is 2.42 bits per heavy atom. The standard InChI is InChI=1S/C15H24N2O2/c1-11(2)14(9-16)15(19)17-13(10-18)8-12-6-4-3-5-7-12/h3-7,11,13-14,18H,8-10,16H2,1-2H3,(H,17,19). The van der Waals surface area contributed by atoms with Crippen LogP contribution in [0, 0.1) is 11.8 Å². The van der Waals surface area contributed by atoms with E-state index in [9.17, 15) is 9.90 Å². The second-order valence-corrected chi connectivity index (χ2v) is 5.16. The average Bonchev–Trinajstić information content (AvgIpc) is 2.39. The highest BCUT2D eigenvalue weighted by Gasteiger charge is 2.22. The van der Waals surface area contributed by atoms with E-state index in [-0.39, 0.29) is 30.4 Å². The van der Waals surface area contributed by atoms with Gasteiger partial charge in [0.05, 0.1) is 18.6 Å².